The number of halogens is 1. The van der Waals surface area contributed by atoms with Gasteiger partial charge in [0.2, 0.25) is 0 Å². The number of carbonyl (C=O) groups is 2. The molecule has 0 aliphatic heterocycles. The van der Waals surface area contributed by atoms with E-state index in [9.17, 15) is 9.59 Å². The number of nitrogens with zero attached hydrogens (tertiary/aromatic N) is 1. The van der Waals surface area contributed by atoms with Gasteiger partial charge in [-0.05, 0) is 23.8 Å². The molecule has 0 saturated carbocycles. The standard InChI is InChI=1S/C15H14ClN3O2/c16-13-7-2-1-5-11(13)9-18-14(20)15(21)19-10-12-6-3-4-8-17-12/h1-8H,9-10H2,(H,18,20)(H,19,21). The van der Waals surface area contributed by atoms with Gasteiger partial charge in [0.15, 0.2) is 0 Å². The van der Waals surface area contributed by atoms with Crippen molar-refractivity contribution in [2.45, 2.75) is 13.1 Å². The summed E-state index contributed by atoms with van der Waals surface area (Å²) in [6, 6.07) is 12.5. The number of pyridine rings is 1. The van der Waals surface area contributed by atoms with Crippen LogP contribution in [0.3, 0.4) is 0 Å². The second-order valence-electron chi connectivity index (χ2n) is 4.28. The Balaban J connectivity index is 1.80. The molecule has 1 aromatic heterocycles. The van der Waals surface area contributed by atoms with Crippen LogP contribution in [0.15, 0.2) is 48.7 Å². The highest BCUT2D eigenvalue weighted by atomic mass is 35.5. The maximum absolute atomic E-state index is 11.7. The molecule has 0 bridgehead atoms. The number of benzene rings is 1. The first kappa shape index (κ1) is 15.0. The summed E-state index contributed by atoms with van der Waals surface area (Å²) in [6.45, 7) is 0.411. The minimum Gasteiger partial charge on any atom is -0.344 e. The maximum Gasteiger partial charge on any atom is 0.309 e. The fourth-order valence-electron chi connectivity index (χ4n) is 1.65. The van der Waals surface area contributed by atoms with Gasteiger partial charge < -0.3 is 10.6 Å². The molecule has 0 aliphatic carbocycles. The van der Waals surface area contributed by atoms with Gasteiger partial charge in [-0.2, -0.15) is 0 Å². The maximum atomic E-state index is 11.7. The highest BCUT2D eigenvalue weighted by Gasteiger charge is 2.13. The SMILES string of the molecule is O=C(NCc1ccccn1)C(=O)NCc1ccccc1Cl. The van der Waals surface area contributed by atoms with Gasteiger partial charge >= 0.3 is 11.8 Å². The lowest BCUT2D eigenvalue weighted by atomic mass is 10.2. The molecule has 21 heavy (non-hydrogen) atoms. The lowest BCUT2D eigenvalue weighted by Gasteiger charge is -2.07. The van der Waals surface area contributed by atoms with Gasteiger partial charge in [-0.3, -0.25) is 14.6 Å². The van der Waals surface area contributed by atoms with E-state index >= 15 is 0 Å². The van der Waals surface area contributed by atoms with Crippen molar-refractivity contribution in [2.24, 2.45) is 0 Å². The van der Waals surface area contributed by atoms with E-state index in [4.69, 9.17) is 11.6 Å². The predicted molar refractivity (Wildman–Crippen MR) is 79.4 cm³/mol. The summed E-state index contributed by atoms with van der Waals surface area (Å²) in [7, 11) is 0. The molecule has 0 saturated heterocycles. The zero-order chi connectivity index (χ0) is 15.1. The summed E-state index contributed by atoms with van der Waals surface area (Å²) in [5.74, 6) is -1.40. The van der Waals surface area contributed by atoms with Crippen LogP contribution in [0.4, 0.5) is 0 Å². The minimum atomic E-state index is -0.703. The average molecular weight is 304 g/mol. The topological polar surface area (TPSA) is 71.1 Å². The minimum absolute atomic E-state index is 0.204. The van der Waals surface area contributed by atoms with Crippen LogP contribution in [0.1, 0.15) is 11.3 Å². The van der Waals surface area contributed by atoms with Crippen molar-refractivity contribution in [3.63, 3.8) is 0 Å². The molecule has 5 nitrogen and oxygen atoms in total. The third-order valence-corrected chi connectivity index (χ3v) is 3.13. The summed E-state index contributed by atoms with van der Waals surface area (Å²) in [4.78, 5) is 27.4. The van der Waals surface area contributed by atoms with E-state index in [0.29, 0.717) is 10.7 Å². The Morgan fingerprint density at radius 1 is 0.952 bits per heavy atom. The smallest absolute Gasteiger partial charge is 0.309 e. The van der Waals surface area contributed by atoms with Crippen LogP contribution >= 0.6 is 11.6 Å². The predicted octanol–water partition coefficient (Wildman–Crippen LogP) is 1.67. The lowest BCUT2D eigenvalue weighted by Crippen LogP contribution is -2.39. The normalized spacial score (nSPS) is 9.95. The van der Waals surface area contributed by atoms with Gasteiger partial charge in [-0.25, -0.2) is 0 Å². The Hall–Kier alpha value is -2.40. The van der Waals surface area contributed by atoms with Crippen LogP contribution in [0.2, 0.25) is 5.02 Å². The molecular formula is C15H14ClN3O2. The number of rotatable bonds is 4. The van der Waals surface area contributed by atoms with Crippen molar-refractivity contribution in [3.05, 3.63) is 64.9 Å². The molecule has 2 rings (SSSR count). The molecule has 1 aromatic carbocycles. The van der Waals surface area contributed by atoms with Crippen LogP contribution in [-0.4, -0.2) is 16.8 Å². The number of amides is 2. The van der Waals surface area contributed by atoms with E-state index in [2.05, 4.69) is 15.6 Å². The van der Waals surface area contributed by atoms with Crippen LogP contribution in [-0.2, 0) is 22.7 Å². The number of aromatic nitrogens is 1. The molecule has 2 aromatic rings. The average Bonchev–Trinajstić information content (AvgIpc) is 2.52. The van der Waals surface area contributed by atoms with E-state index in [1.54, 1.807) is 36.5 Å². The molecule has 6 heteroatoms. The van der Waals surface area contributed by atoms with Crippen molar-refractivity contribution in [1.82, 2.24) is 15.6 Å². The van der Waals surface area contributed by atoms with Crippen LogP contribution in [0.25, 0.3) is 0 Å². The van der Waals surface area contributed by atoms with Gasteiger partial charge in [-0.1, -0.05) is 35.9 Å². The monoisotopic (exact) mass is 303 g/mol. The molecular weight excluding hydrogens is 290 g/mol. The zero-order valence-electron chi connectivity index (χ0n) is 11.2. The Morgan fingerprint density at radius 2 is 1.62 bits per heavy atom. The van der Waals surface area contributed by atoms with Crippen molar-refractivity contribution in [1.29, 1.82) is 0 Å². The zero-order valence-corrected chi connectivity index (χ0v) is 11.9. The van der Waals surface area contributed by atoms with E-state index in [1.807, 2.05) is 12.1 Å². The Bertz CT molecular complexity index is 632. The fraction of sp³-hybridized carbons (Fsp3) is 0.133. The molecule has 0 aliphatic rings. The number of nitrogens with one attached hydrogen (secondary N) is 2. The van der Waals surface area contributed by atoms with Gasteiger partial charge in [0, 0.05) is 17.8 Å². The van der Waals surface area contributed by atoms with Crippen LogP contribution in [0, 0.1) is 0 Å². The fourth-order valence-corrected chi connectivity index (χ4v) is 1.85. The molecule has 0 fully saturated rings. The Labute approximate surface area is 127 Å². The summed E-state index contributed by atoms with van der Waals surface area (Å²) >= 11 is 5.97. The largest absolute Gasteiger partial charge is 0.344 e. The second-order valence-corrected chi connectivity index (χ2v) is 4.69. The van der Waals surface area contributed by atoms with E-state index in [1.165, 1.54) is 0 Å². The molecule has 0 unspecified atom stereocenters. The van der Waals surface area contributed by atoms with E-state index in [-0.39, 0.29) is 13.1 Å². The summed E-state index contributed by atoms with van der Waals surface area (Å²) in [5, 5.41) is 5.57. The molecule has 2 N–H and O–H groups in total. The van der Waals surface area contributed by atoms with Crippen molar-refractivity contribution in [3.8, 4) is 0 Å². The number of hydrogen-bond acceptors (Lipinski definition) is 3. The highest BCUT2D eigenvalue weighted by molar-refractivity contribution is 6.35. The van der Waals surface area contributed by atoms with Gasteiger partial charge in [0.05, 0.1) is 12.2 Å². The lowest BCUT2D eigenvalue weighted by molar-refractivity contribution is -0.139. The summed E-state index contributed by atoms with van der Waals surface area (Å²) in [5.41, 5.74) is 1.44. The first-order valence-electron chi connectivity index (χ1n) is 6.36. The highest BCUT2D eigenvalue weighted by Crippen LogP contribution is 2.14. The molecule has 0 spiro atoms. The summed E-state index contributed by atoms with van der Waals surface area (Å²) < 4.78 is 0. The van der Waals surface area contributed by atoms with Crippen LogP contribution < -0.4 is 10.6 Å². The molecule has 108 valence electrons. The molecule has 0 atom stereocenters. The Kier molecular flexibility index (Phi) is 5.29. The first-order chi connectivity index (χ1) is 10.2. The van der Waals surface area contributed by atoms with Gasteiger partial charge in [0.25, 0.3) is 0 Å². The third kappa shape index (κ3) is 4.57. The second kappa shape index (κ2) is 7.40. The summed E-state index contributed by atoms with van der Waals surface area (Å²) in [6.07, 6.45) is 1.62. The molecule has 1 heterocycles. The number of carbonyl (C=O) groups excluding carboxylic acids is 2. The van der Waals surface area contributed by atoms with Gasteiger partial charge in [-0.15, -0.1) is 0 Å². The van der Waals surface area contributed by atoms with Crippen molar-refractivity contribution in [2.75, 3.05) is 0 Å². The first-order valence-corrected chi connectivity index (χ1v) is 6.74. The van der Waals surface area contributed by atoms with Crippen LogP contribution in [0.5, 0.6) is 0 Å². The van der Waals surface area contributed by atoms with E-state index < -0.39 is 11.8 Å². The molecule has 2 amide bonds. The van der Waals surface area contributed by atoms with Crippen molar-refractivity contribution < 1.29 is 9.59 Å². The van der Waals surface area contributed by atoms with E-state index in [0.717, 1.165) is 5.56 Å². The number of hydrogen-bond donors (Lipinski definition) is 2. The van der Waals surface area contributed by atoms with Crippen molar-refractivity contribution >= 4 is 23.4 Å². The Morgan fingerprint density at radius 3 is 2.29 bits per heavy atom. The van der Waals surface area contributed by atoms with Gasteiger partial charge in [0.1, 0.15) is 0 Å². The molecule has 0 radical (unpaired) electrons. The third-order valence-electron chi connectivity index (χ3n) is 2.76. The quantitative estimate of drug-likeness (QED) is 0.844.